The largest absolute Gasteiger partial charge is 0.611 e. The summed E-state index contributed by atoms with van der Waals surface area (Å²) in [5.74, 6) is 1.70. The van der Waals surface area contributed by atoms with Crippen molar-refractivity contribution in [2.24, 2.45) is 0 Å². The first-order valence-electron chi connectivity index (χ1n) is 12.7. The molecular formula is C28H32N6O3S2. The lowest BCUT2D eigenvalue weighted by Gasteiger charge is -2.21. The average Bonchev–Trinajstić information content (AvgIpc) is 3.54. The summed E-state index contributed by atoms with van der Waals surface area (Å²) in [5.41, 5.74) is 4.13. The average molecular weight is 565 g/mol. The highest BCUT2D eigenvalue weighted by Gasteiger charge is 2.27. The van der Waals surface area contributed by atoms with Crippen molar-refractivity contribution >= 4 is 67.5 Å². The van der Waals surface area contributed by atoms with Crippen molar-refractivity contribution in [1.82, 2.24) is 14.9 Å². The summed E-state index contributed by atoms with van der Waals surface area (Å²) in [6.45, 7) is 4.86. The maximum absolute atomic E-state index is 13.0. The van der Waals surface area contributed by atoms with Crippen LogP contribution < -0.4 is 20.3 Å². The van der Waals surface area contributed by atoms with Gasteiger partial charge in [0.05, 0.1) is 35.2 Å². The fourth-order valence-corrected chi connectivity index (χ4v) is 6.38. The van der Waals surface area contributed by atoms with E-state index in [1.54, 1.807) is 7.11 Å². The number of carbonyl (C=O) groups is 1. The van der Waals surface area contributed by atoms with Crippen LogP contribution in [0.3, 0.4) is 0 Å². The first-order chi connectivity index (χ1) is 18.7. The van der Waals surface area contributed by atoms with E-state index in [0.29, 0.717) is 36.3 Å². The van der Waals surface area contributed by atoms with Gasteiger partial charge in [0.25, 0.3) is 0 Å². The van der Waals surface area contributed by atoms with E-state index < -0.39 is 11.2 Å². The number of carbonyl (C=O) groups excluding carboxylic acids is 1. The number of amides is 1. The number of hydrogen-bond donors (Lipinski definition) is 2. The van der Waals surface area contributed by atoms with E-state index in [2.05, 4.69) is 10.6 Å². The maximum atomic E-state index is 13.0. The predicted molar refractivity (Wildman–Crippen MR) is 160 cm³/mol. The van der Waals surface area contributed by atoms with Crippen LogP contribution in [0.2, 0.25) is 0 Å². The first-order valence-corrected chi connectivity index (χ1v) is 14.8. The summed E-state index contributed by atoms with van der Waals surface area (Å²) in [4.78, 5) is 26.8. The number of aromatic nitrogens is 2. The Morgan fingerprint density at radius 1 is 1.18 bits per heavy atom. The molecule has 0 saturated heterocycles. The molecule has 2 aromatic heterocycles. The highest BCUT2D eigenvalue weighted by molar-refractivity contribution is 7.92. The highest BCUT2D eigenvalue weighted by Crippen LogP contribution is 2.39. The summed E-state index contributed by atoms with van der Waals surface area (Å²) in [5, 5.41) is 8.69. The maximum Gasteiger partial charge on any atom is 0.241 e. The molecular weight excluding hydrogens is 532 g/mol. The number of rotatable bonds is 9. The lowest BCUT2D eigenvalue weighted by atomic mass is 10.1. The molecule has 0 bridgehead atoms. The molecule has 1 amide bonds. The fourth-order valence-electron chi connectivity index (χ4n) is 4.55. The van der Waals surface area contributed by atoms with Crippen LogP contribution in [0, 0.1) is 0 Å². The van der Waals surface area contributed by atoms with Crippen molar-refractivity contribution in [2.75, 3.05) is 49.8 Å². The molecule has 3 heterocycles. The van der Waals surface area contributed by atoms with Gasteiger partial charge in [-0.05, 0) is 86.8 Å². The second kappa shape index (κ2) is 11.4. The molecule has 1 aliphatic rings. The molecule has 0 radical (unpaired) electrons. The van der Waals surface area contributed by atoms with Crippen molar-refractivity contribution in [3.05, 3.63) is 53.4 Å². The molecule has 4 aromatic rings. The number of thiophene rings is 1. The van der Waals surface area contributed by atoms with E-state index in [1.807, 2.05) is 85.6 Å². The topological polar surface area (TPSA) is 106 Å². The molecule has 1 atom stereocenters. The fraction of sp³-hybridized carbons (Fsp3) is 0.321. The van der Waals surface area contributed by atoms with E-state index >= 15 is 0 Å². The van der Waals surface area contributed by atoms with E-state index in [1.165, 1.54) is 11.3 Å². The number of hydrogen-bond acceptors (Lipinski definition) is 9. The van der Waals surface area contributed by atoms with Crippen molar-refractivity contribution in [3.8, 4) is 5.75 Å². The molecule has 5 rings (SSSR count). The van der Waals surface area contributed by atoms with Crippen molar-refractivity contribution in [1.29, 1.82) is 0 Å². The number of para-hydroxylation sites is 1. The molecule has 1 aliphatic heterocycles. The predicted octanol–water partition coefficient (Wildman–Crippen LogP) is 5.15. The molecule has 204 valence electrons. The molecule has 0 saturated carbocycles. The SMILES string of the molecule is COc1cc2c(cc1Nc1nc(Nc3ccccc3[S+]([O-])C(C)C)c3sccc3n1)N(C(=O)CN(C)C)CC2. The Morgan fingerprint density at radius 3 is 2.72 bits per heavy atom. The number of likely N-dealkylation sites (N-methyl/N-ethyl adjacent to an activating group) is 1. The number of anilines is 5. The van der Waals surface area contributed by atoms with Crippen LogP contribution in [0.25, 0.3) is 10.2 Å². The molecule has 2 aromatic carbocycles. The van der Waals surface area contributed by atoms with E-state index in [0.717, 1.165) is 38.5 Å². The number of ether oxygens (including phenoxy) is 1. The van der Waals surface area contributed by atoms with Gasteiger partial charge in [0.1, 0.15) is 11.0 Å². The van der Waals surface area contributed by atoms with Crippen LogP contribution >= 0.6 is 11.3 Å². The van der Waals surface area contributed by atoms with E-state index in [4.69, 9.17) is 14.7 Å². The normalized spacial score (nSPS) is 13.7. The van der Waals surface area contributed by atoms with Gasteiger partial charge in [0.2, 0.25) is 11.9 Å². The summed E-state index contributed by atoms with van der Waals surface area (Å²) >= 11 is 0.370. The summed E-state index contributed by atoms with van der Waals surface area (Å²) in [7, 11) is 5.40. The highest BCUT2D eigenvalue weighted by atomic mass is 32.2. The second-order valence-corrected chi connectivity index (χ2v) is 12.7. The lowest BCUT2D eigenvalue weighted by Crippen LogP contribution is -2.36. The quantitative estimate of drug-likeness (QED) is 0.269. The van der Waals surface area contributed by atoms with Crippen LogP contribution in [-0.4, -0.2) is 64.9 Å². The van der Waals surface area contributed by atoms with Crippen molar-refractivity contribution in [2.45, 2.75) is 30.4 Å². The van der Waals surface area contributed by atoms with Gasteiger partial charge in [-0.1, -0.05) is 12.1 Å². The third-order valence-corrected chi connectivity index (χ3v) is 8.94. The Morgan fingerprint density at radius 2 is 1.97 bits per heavy atom. The Bertz CT molecular complexity index is 1510. The van der Waals surface area contributed by atoms with Gasteiger partial charge >= 0.3 is 0 Å². The standard InChI is InChI=1S/C28H32N6O3S2/c1-17(2)39(36)24-9-7-6-8-19(24)29-27-26-20(11-13-38-26)30-28(32-27)31-21-15-22-18(14-23(21)37-5)10-12-34(22)25(35)16-33(3)4/h6-9,11,13-15,17H,10,12,16H2,1-5H3,(H2,29,30,31,32). The molecule has 0 fully saturated rings. The summed E-state index contributed by atoms with van der Waals surface area (Å²) in [6.07, 6.45) is 0.772. The zero-order valence-electron chi connectivity index (χ0n) is 22.6. The van der Waals surface area contributed by atoms with E-state index in [-0.39, 0.29) is 11.2 Å². The Labute approximate surface area is 235 Å². The van der Waals surface area contributed by atoms with Crippen LogP contribution in [0.5, 0.6) is 5.75 Å². The number of nitrogens with one attached hydrogen (secondary N) is 2. The smallest absolute Gasteiger partial charge is 0.241 e. The van der Waals surface area contributed by atoms with Crippen LogP contribution in [0.4, 0.5) is 28.8 Å². The van der Waals surface area contributed by atoms with Gasteiger partial charge in [-0.15, -0.1) is 11.3 Å². The van der Waals surface area contributed by atoms with Gasteiger partial charge in [-0.3, -0.25) is 4.79 Å². The Kier molecular flexibility index (Phi) is 7.94. The molecule has 9 nitrogen and oxygen atoms in total. The number of methoxy groups -OCH3 is 1. The van der Waals surface area contributed by atoms with Crippen molar-refractivity contribution < 1.29 is 14.1 Å². The zero-order chi connectivity index (χ0) is 27.7. The number of nitrogens with zero attached hydrogens (tertiary/aromatic N) is 4. The number of benzene rings is 2. The first kappa shape index (κ1) is 27.2. The van der Waals surface area contributed by atoms with Crippen molar-refractivity contribution in [3.63, 3.8) is 0 Å². The Hall–Kier alpha value is -3.38. The monoisotopic (exact) mass is 564 g/mol. The third-order valence-electron chi connectivity index (χ3n) is 6.38. The molecule has 2 N–H and O–H groups in total. The van der Waals surface area contributed by atoms with E-state index in [9.17, 15) is 9.35 Å². The molecule has 1 unspecified atom stereocenters. The minimum Gasteiger partial charge on any atom is -0.611 e. The molecule has 11 heteroatoms. The second-order valence-electron chi connectivity index (χ2n) is 9.84. The zero-order valence-corrected chi connectivity index (χ0v) is 24.3. The summed E-state index contributed by atoms with van der Waals surface area (Å²) in [6, 6.07) is 13.4. The third kappa shape index (κ3) is 5.67. The minimum atomic E-state index is -1.17. The molecule has 39 heavy (non-hydrogen) atoms. The van der Waals surface area contributed by atoms with Crippen LogP contribution in [0.1, 0.15) is 19.4 Å². The number of fused-ring (bicyclic) bond motifs is 2. The van der Waals surface area contributed by atoms with Gasteiger partial charge < -0.3 is 29.7 Å². The lowest BCUT2D eigenvalue weighted by molar-refractivity contribution is -0.119. The van der Waals surface area contributed by atoms with Gasteiger partial charge in [-0.2, -0.15) is 4.98 Å². The van der Waals surface area contributed by atoms with Gasteiger partial charge in [0, 0.05) is 12.2 Å². The van der Waals surface area contributed by atoms with Crippen LogP contribution in [-0.2, 0) is 22.4 Å². The van der Waals surface area contributed by atoms with Crippen LogP contribution in [0.15, 0.2) is 52.7 Å². The Balaban J connectivity index is 1.50. The van der Waals surface area contributed by atoms with Gasteiger partial charge in [0.15, 0.2) is 10.7 Å². The van der Waals surface area contributed by atoms with Gasteiger partial charge in [-0.25, -0.2) is 4.98 Å². The molecule has 0 spiro atoms. The molecule has 0 aliphatic carbocycles. The minimum absolute atomic E-state index is 0.0196. The summed E-state index contributed by atoms with van der Waals surface area (Å²) < 4.78 is 19.5.